The number of amides is 1. The molecule has 1 saturated heterocycles. The van der Waals surface area contributed by atoms with E-state index in [9.17, 15) is 9.18 Å². The van der Waals surface area contributed by atoms with Gasteiger partial charge in [-0.3, -0.25) is 4.79 Å². The smallest absolute Gasteiger partial charge is 0.271 e. The third-order valence-corrected chi connectivity index (χ3v) is 4.17. The van der Waals surface area contributed by atoms with Crippen molar-refractivity contribution in [3.63, 3.8) is 0 Å². The molecule has 0 unspecified atom stereocenters. The van der Waals surface area contributed by atoms with Crippen LogP contribution < -0.4 is 10.2 Å². The van der Waals surface area contributed by atoms with Crippen molar-refractivity contribution in [2.24, 2.45) is 0 Å². The largest absolute Gasteiger partial charge is 0.355 e. The maximum Gasteiger partial charge on any atom is 0.271 e. The fraction of sp³-hybridized carbons (Fsp3) is 0.389. The Balaban J connectivity index is 1.58. The molecule has 1 fully saturated rings. The molecule has 1 amide bonds. The van der Waals surface area contributed by atoms with Crippen molar-refractivity contribution in [3.8, 4) is 0 Å². The lowest BCUT2D eigenvalue weighted by Gasteiger charge is -2.20. The van der Waals surface area contributed by atoms with Crippen molar-refractivity contribution >= 4 is 11.7 Å². The first-order valence-electron chi connectivity index (χ1n) is 8.32. The molecule has 126 valence electrons. The Bertz CT molecular complexity index is 664. The first-order chi connectivity index (χ1) is 11.7. The monoisotopic (exact) mass is 328 g/mol. The van der Waals surface area contributed by atoms with Gasteiger partial charge in [-0.05, 0) is 30.5 Å². The summed E-state index contributed by atoms with van der Waals surface area (Å²) in [7, 11) is 0. The maximum atomic E-state index is 12.9. The number of hydrogen-bond acceptors (Lipinski definition) is 4. The van der Waals surface area contributed by atoms with Crippen LogP contribution >= 0.6 is 0 Å². The number of aromatic nitrogens is 2. The van der Waals surface area contributed by atoms with Gasteiger partial charge in [-0.25, -0.2) is 14.4 Å². The highest BCUT2D eigenvalue weighted by Crippen LogP contribution is 2.16. The summed E-state index contributed by atoms with van der Waals surface area (Å²) in [5.74, 6) is 0.251. The summed E-state index contributed by atoms with van der Waals surface area (Å²) in [6, 6.07) is 6.03. The Morgan fingerprint density at radius 1 is 1.04 bits per heavy atom. The van der Waals surface area contributed by atoms with Crippen LogP contribution in [0, 0.1) is 5.82 Å². The molecule has 0 spiro atoms. The van der Waals surface area contributed by atoms with Crippen molar-refractivity contribution in [2.75, 3.05) is 18.0 Å². The number of carbonyl (C=O) groups excluding carboxylic acids is 1. The molecule has 0 saturated carbocycles. The van der Waals surface area contributed by atoms with Crippen LogP contribution in [0.15, 0.2) is 36.7 Å². The SMILES string of the molecule is O=C(NCc1ccc(F)cc1)c1cnc(N2CCCCCC2)cn1. The summed E-state index contributed by atoms with van der Waals surface area (Å²) < 4.78 is 12.9. The summed E-state index contributed by atoms with van der Waals surface area (Å²) in [6.45, 7) is 2.31. The van der Waals surface area contributed by atoms with E-state index in [0.29, 0.717) is 6.54 Å². The predicted molar refractivity (Wildman–Crippen MR) is 90.3 cm³/mol. The van der Waals surface area contributed by atoms with Crippen LogP contribution in [0.3, 0.4) is 0 Å². The van der Waals surface area contributed by atoms with Crippen LogP contribution in [0.1, 0.15) is 41.7 Å². The van der Waals surface area contributed by atoms with Crippen molar-refractivity contribution in [2.45, 2.75) is 32.2 Å². The van der Waals surface area contributed by atoms with Gasteiger partial charge in [-0.15, -0.1) is 0 Å². The highest BCUT2D eigenvalue weighted by molar-refractivity contribution is 5.91. The Morgan fingerprint density at radius 2 is 1.75 bits per heavy atom. The summed E-state index contributed by atoms with van der Waals surface area (Å²) in [5.41, 5.74) is 1.12. The van der Waals surface area contributed by atoms with Gasteiger partial charge in [0.1, 0.15) is 17.3 Å². The molecule has 0 atom stereocenters. The molecule has 0 aliphatic carbocycles. The minimum absolute atomic E-state index is 0.283. The van der Waals surface area contributed by atoms with E-state index in [1.807, 2.05) is 0 Å². The van der Waals surface area contributed by atoms with E-state index >= 15 is 0 Å². The van der Waals surface area contributed by atoms with Gasteiger partial charge in [-0.2, -0.15) is 0 Å². The first-order valence-corrected chi connectivity index (χ1v) is 8.32. The molecular formula is C18H21FN4O. The number of hydrogen-bond donors (Lipinski definition) is 1. The number of nitrogens with zero attached hydrogens (tertiary/aromatic N) is 3. The van der Waals surface area contributed by atoms with E-state index in [2.05, 4.69) is 20.2 Å². The zero-order valence-corrected chi connectivity index (χ0v) is 13.5. The van der Waals surface area contributed by atoms with Crippen LogP contribution in [0.4, 0.5) is 10.2 Å². The fourth-order valence-electron chi connectivity index (χ4n) is 2.78. The van der Waals surface area contributed by atoms with Crippen molar-refractivity contribution < 1.29 is 9.18 Å². The Morgan fingerprint density at radius 3 is 2.38 bits per heavy atom. The topological polar surface area (TPSA) is 58.1 Å². The van der Waals surface area contributed by atoms with Crippen LogP contribution in [-0.2, 0) is 6.54 Å². The van der Waals surface area contributed by atoms with E-state index in [0.717, 1.165) is 24.5 Å². The summed E-state index contributed by atoms with van der Waals surface area (Å²) in [6.07, 6.45) is 8.03. The van der Waals surface area contributed by atoms with Gasteiger partial charge in [0.25, 0.3) is 5.91 Å². The fourth-order valence-corrected chi connectivity index (χ4v) is 2.78. The average molecular weight is 328 g/mol. The normalized spacial score (nSPS) is 15.0. The number of halogens is 1. The molecular weight excluding hydrogens is 307 g/mol. The molecule has 24 heavy (non-hydrogen) atoms. The molecule has 1 aromatic heterocycles. The summed E-state index contributed by atoms with van der Waals surface area (Å²) in [5, 5.41) is 2.77. The third-order valence-electron chi connectivity index (χ3n) is 4.17. The van der Waals surface area contributed by atoms with Crippen LogP contribution in [0.5, 0.6) is 0 Å². The predicted octanol–water partition coefficient (Wildman–Crippen LogP) is 2.93. The molecule has 0 bridgehead atoms. The lowest BCUT2D eigenvalue weighted by molar-refractivity contribution is 0.0945. The van der Waals surface area contributed by atoms with E-state index < -0.39 is 0 Å². The van der Waals surface area contributed by atoms with Crippen LogP contribution in [0.25, 0.3) is 0 Å². The minimum Gasteiger partial charge on any atom is -0.355 e. The van der Waals surface area contributed by atoms with Gasteiger partial charge in [0, 0.05) is 19.6 Å². The van der Waals surface area contributed by atoms with Gasteiger partial charge < -0.3 is 10.2 Å². The second-order valence-electron chi connectivity index (χ2n) is 5.97. The molecule has 1 aliphatic rings. The third kappa shape index (κ3) is 4.28. The maximum absolute atomic E-state index is 12.9. The molecule has 1 aromatic carbocycles. The summed E-state index contributed by atoms with van der Waals surface area (Å²) >= 11 is 0. The zero-order valence-electron chi connectivity index (χ0n) is 13.5. The minimum atomic E-state index is -0.292. The van der Waals surface area contributed by atoms with Crippen molar-refractivity contribution in [1.82, 2.24) is 15.3 Å². The number of rotatable bonds is 4. The second-order valence-corrected chi connectivity index (χ2v) is 5.97. The Hall–Kier alpha value is -2.50. The molecule has 1 N–H and O–H groups in total. The van der Waals surface area contributed by atoms with E-state index in [1.165, 1.54) is 44.0 Å². The van der Waals surface area contributed by atoms with Crippen molar-refractivity contribution in [1.29, 1.82) is 0 Å². The van der Waals surface area contributed by atoms with Gasteiger partial charge in [-0.1, -0.05) is 25.0 Å². The lowest BCUT2D eigenvalue weighted by atomic mass is 10.2. The lowest BCUT2D eigenvalue weighted by Crippen LogP contribution is -2.27. The summed E-state index contributed by atoms with van der Waals surface area (Å²) in [4.78, 5) is 23.0. The molecule has 2 aromatic rings. The van der Waals surface area contributed by atoms with Gasteiger partial charge in [0.05, 0.1) is 12.4 Å². The molecule has 0 radical (unpaired) electrons. The standard InChI is InChI=1S/C18H21FN4O/c19-15-7-5-14(6-8-15)11-22-18(24)16-12-21-17(13-20-16)23-9-3-1-2-4-10-23/h5-8,12-13H,1-4,9-11H2,(H,22,24). The van der Waals surface area contributed by atoms with Gasteiger partial charge >= 0.3 is 0 Å². The van der Waals surface area contributed by atoms with Gasteiger partial charge in [0.2, 0.25) is 0 Å². The molecule has 6 heteroatoms. The number of anilines is 1. The van der Waals surface area contributed by atoms with Gasteiger partial charge in [0.15, 0.2) is 0 Å². The molecule has 1 aliphatic heterocycles. The van der Waals surface area contributed by atoms with Crippen LogP contribution in [0.2, 0.25) is 0 Å². The number of carbonyl (C=O) groups is 1. The first kappa shape index (κ1) is 16.4. The zero-order chi connectivity index (χ0) is 16.8. The van der Waals surface area contributed by atoms with E-state index in [-0.39, 0.29) is 17.4 Å². The molecule has 3 rings (SSSR count). The Kier molecular flexibility index (Phi) is 5.36. The average Bonchev–Trinajstić information content (AvgIpc) is 2.90. The van der Waals surface area contributed by atoms with Crippen LogP contribution in [-0.4, -0.2) is 29.0 Å². The van der Waals surface area contributed by atoms with E-state index in [4.69, 9.17) is 0 Å². The number of nitrogens with one attached hydrogen (secondary N) is 1. The van der Waals surface area contributed by atoms with E-state index in [1.54, 1.807) is 18.3 Å². The second kappa shape index (κ2) is 7.86. The number of benzene rings is 1. The molecule has 2 heterocycles. The van der Waals surface area contributed by atoms with Crippen molar-refractivity contribution in [3.05, 3.63) is 53.7 Å². The highest BCUT2D eigenvalue weighted by atomic mass is 19.1. The quantitative estimate of drug-likeness (QED) is 0.937. The molecule has 5 nitrogen and oxygen atoms in total. The highest BCUT2D eigenvalue weighted by Gasteiger charge is 2.13. The Labute approximate surface area is 140 Å².